The van der Waals surface area contributed by atoms with E-state index in [9.17, 15) is 18.0 Å². The van der Waals surface area contributed by atoms with Crippen molar-refractivity contribution in [2.45, 2.75) is 25.1 Å². The van der Waals surface area contributed by atoms with E-state index in [-0.39, 0.29) is 11.8 Å². The molecule has 23 heavy (non-hydrogen) atoms. The van der Waals surface area contributed by atoms with Crippen LogP contribution in [0.4, 0.5) is 13.2 Å². The van der Waals surface area contributed by atoms with Crippen molar-refractivity contribution in [3.63, 3.8) is 0 Å². The van der Waals surface area contributed by atoms with Gasteiger partial charge in [-0.2, -0.15) is 13.2 Å². The zero-order valence-corrected chi connectivity index (χ0v) is 12.9. The topological polar surface area (TPSA) is 58.4 Å². The normalized spacial score (nSPS) is 20.4. The van der Waals surface area contributed by atoms with E-state index in [0.717, 1.165) is 5.56 Å². The van der Waals surface area contributed by atoms with Crippen LogP contribution < -0.4 is 11.1 Å². The Morgan fingerprint density at radius 3 is 2.70 bits per heavy atom. The van der Waals surface area contributed by atoms with Crippen LogP contribution in [-0.2, 0) is 11.2 Å². The Kier molecular flexibility index (Phi) is 6.01. The van der Waals surface area contributed by atoms with Gasteiger partial charge < -0.3 is 11.1 Å². The third-order valence-corrected chi connectivity index (χ3v) is 3.97. The Morgan fingerprint density at radius 2 is 2.04 bits per heavy atom. The Hall–Kier alpha value is -1.60. The molecule has 1 amide bonds. The second kappa shape index (κ2) is 7.79. The molecule has 1 aromatic carbocycles. The number of amides is 1. The highest BCUT2D eigenvalue weighted by Crippen LogP contribution is 2.22. The quantitative estimate of drug-likeness (QED) is 0.833. The van der Waals surface area contributed by atoms with Gasteiger partial charge in [0.05, 0.1) is 12.6 Å². The SMILES string of the molecule is NC(Cc1ccccc1)C(=O)NCC1CCN(CC(F)(F)F)C1. The number of carbonyl (C=O) groups is 1. The number of alkyl halides is 3. The van der Waals surface area contributed by atoms with Crippen molar-refractivity contribution in [2.75, 3.05) is 26.2 Å². The summed E-state index contributed by atoms with van der Waals surface area (Å²) in [5.41, 5.74) is 6.85. The van der Waals surface area contributed by atoms with Crippen LogP contribution in [0.3, 0.4) is 0 Å². The van der Waals surface area contributed by atoms with E-state index < -0.39 is 18.8 Å². The molecular formula is C16H22F3N3O. The molecule has 1 heterocycles. The molecule has 1 saturated heterocycles. The van der Waals surface area contributed by atoms with Gasteiger partial charge in [0.1, 0.15) is 0 Å². The first-order valence-corrected chi connectivity index (χ1v) is 7.70. The van der Waals surface area contributed by atoms with E-state index in [4.69, 9.17) is 5.73 Å². The van der Waals surface area contributed by atoms with Crippen LogP contribution in [0.25, 0.3) is 0 Å². The Morgan fingerprint density at radius 1 is 1.35 bits per heavy atom. The number of hydrogen-bond donors (Lipinski definition) is 2. The van der Waals surface area contributed by atoms with Crippen molar-refractivity contribution in [1.29, 1.82) is 0 Å². The largest absolute Gasteiger partial charge is 0.401 e. The molecule has 1 aromatic rings. The number of nitrogens with two attached hydrogens (primary N) is 1. The summed E-state index contributed by atoms with van der Waals surface area (Å²) in [5.74, 6) is -0.214. The Balaban J connectivity index is 1.70. The molecule has 2 unspecified atom stereocenters. The number of carbonyl (C=O) groups excluding carboxylic acids is 1. The molecule has 0 aromatic heterocycles. The summed E-state index contributed by atoms with van der Waals surface area (Å²) in [6.45, 7) is 0.254. The monoisotopic (exact) mass is 329 g/mol. The van der Waals surface area contributed by atoms with Crippen molar-refractivity contribution in [2.24, 2.45) is 11.7 Å². The number of likely N-dealkylation sites (tertiary alicyclic amines) is 1. The van der Waals surface area contributed by atoms with E-state index in [1.54, 1.807) is 0 Å². The van der Waals surface area contributed by atoms with Gasteiger partial charge in [-0.15, -0.1) is 0 Å². The van der Waals surface area contributed by atoms with Gasteiger partial charge >= 0.3 is 6.18 Å². The maximum atomic E-state index is 12.3. The first-order chi connectivity index (χ1) is 10.8. The number of nitrogens with zero attached hydrogens (tertiary/aromatic N) is 1. The van der Waals surface area contributed by atoms with Gasteiger partial charge in [-0.05, 0) is 30.9 Å². The molecule has 4 nitrogen and oxygen atoms in total. The second-order valence-electron chi connectivity index (χ2n) is 6.05. The molecule has 2 rings (SSSR count). The zero-order valence-electron chi connectivity index (χ0n) is 12.9. The van der Waals surface area contributed by atoms with Crippen molar-refractivity contribution < 1.29 is 18.0 Å². The predicted octanol–water partition coefficient (Wildman–Crippen LogP) is 1.56. The maximum Gasteiger partial charge on any atom is 0.401 e. The van der Waals surface area contributed by atoms with Crippen LogP contribution >= 0.6 is 0 Å². The molecule has 0 aliphatic carbocycles. The molecule has 7 heteroatoms. The minimum atomic E-state index is -4.17. The van der Waals surface area contributed by atoms with Crippen LogP contribution in [0.5, 0.6) is 0 Å². The van der Waals surface area contributed by atoms with Crippen LogP contribution in [0.1, 0.15) is 12.0 Å². The lowest BCUT2D eigenvalue weighted by atomic mass is 10.1. The summed E-state index contributed by atoms with van der Waals surface area (Å²) in [5, 5.41) is 2.76. The van der Waals surface area contributed by atoms with E-state index in [2.05, 4.69) is 5.32 Å². The number of halogens is 3. The van der Waals surface area contributed by atoms with Gasteiger partial charge in [0, 0.05) is 13.1 Å². The van der Waals surface area contributed by atoms with E-state index in [1.165, 1.54) is 4.90 Å². The first kappa shape index (κ1) is 17.7. The van der Waals surface area contributed by atoms with Crippen molar-refractivity contribution >= 4 is 5.91 Å². The molecule has 2 atom stereocenters. The van der Waals surface area contributed by atoms with Gasteiger partial charge in [0.25, 0.3) is 0 Å². The third kappa shape index (κ3) is 6.19. The number of hydrogen-bond acceptors (Lipinski definition) is 3. The maximum absolute atomic E-state index is 12.3. The minimum Gasteiger partial charge on any atom is -0.354 e. The standard InChI is InChI=1S/C16H22F3N3O/c17-16(18,19)11-22-7-6-13(10-22)9-21-15(23)14(20)8-12-4-2-1-3-5-12/h1-5,13-14H,6-11,20H2,(H,21,23). The van der Waals surface area contributed by atoms with E-state index in [0.29, 0.717) is 32.5 Å². The molecule has 1 fully saturated rings. The smallest absolute Gasteiger partial charge is 0.354 e. The molecule has 0 radical (unpaired) electrons. The summed E-state index contributed by atoms with van der Waals surface area (Å²) < 4.78 is 37.0. The lowest BCUT2D eigenvalue weighted by molar-refractivity contribution is -0.143. The minimum absolute atomic E-state index is 0.0465. The molecule has 1 aliphatic rings. The molecule has 128 valence electrons. The average Bonchev–Trinajstić information content (AvgIpc) is 2.91. The number of rotatable bonds is 6. The van der Waals surface area contributed by atoms with Gasteiger partial charge in [-0.3, -0.25) is 9.69 Å². The van der Waals surface area contributed by atoms with E-state index >= 15 is 0 Å². The highest BCUT2D eigenvalue weighted by Gasteiger charge is 2.34. The highest BCUT2D eigenvalue weighted by molar-refractivity contribution is 5.81. The lowest BCUT2D eigenvalue weighted by Crippen LogP contribution is -2.44. The second-order valence-corrected chi connectivity index (χ2v) is 6.05. The Bertz CT molecular complexity index is 507. The van der Waals surface area contributed by atoms with E-state index in [1.807, 2.05) is 30.3 Å². The number of nitrogens with one attached hydrogen (secondary N) is 1. The fourth-order valence-corrected chi connectivity index (χ4v) is 2.81. The summed E-state index contributed by atoms with van der Waals surface area (Å²) in [4.78, 5) is 13.4. The first-order valence-electron chi connectivity index (χ1n) is 7.70. The molecule has 0 bridgehead atoms. The summed E-state index contributed by atoms with van der Waals surface area (Å²) in [6, 6.07) is 8.81. The van der Waals surface area contributed by atoms with Crippen LogP contribution in [-0.4, -0.2) is 49.2 Å². The van der Waals surface area contributed by atoms with Crippen LogP contribution in [0, 0.1) is 5.92 Å². The van der Waals surface area contributed by atoms with Crippen LogP contribution in [0.2, 0.25) is 0 Å². The fourth-order valence-electron chi connectivity index (χ4n) is 2.81. The van der Waals surface area contributed by atoms with Crippen molar-refractivity contribution in [3.8, 4) is 0 Å². The summed E-state index contributed by atoms with van der Waals surface area (Å²) in [7, 11) is 0. The summed E-state index contributed by atoms with van der Waals surface area (Å²) in [6.07, 6.45) is -3.07. The average molecular weight is 329 g/mol. The molecular weight excluding hydrogens is 307 g/mol. The van der Waals surface area contributed by atoms with Gasteiger partial charge in [0.2, 0.25) is 5.91 Å². The van der Waals surface area contributed by atoms with Gasteiger partial charge in [-0.25, -0.2) is 0 Å². The highest BCUT2D eigenvalue weighted by atomic mass is 19.4. The van der Waals surface area contributed by atoms with Crippen molar-refractivity contribution in [3.05, 3.63) is 35.9 Å². The van der Waals surface area contributed by atoms with Crippen LogP contribution in [0.15, 0.2) is 30.3 Å². The molecule has 3 N–H and O–H groups in total. The lowest BCUT2D eigenvalue weighted by Gasteiger charge is -2.18. The molecule has 1 aliphatic heterocycles. The third-order valence-electron chi connectivity index (χ3n) is 3.97. The predicted molar refractivity (Wildman–Crippen MR) is 81.7 cm³/mol. The van der Waals surface area contributed by atoms with Crippen molar-refractivity contribution in [1.82, 2.24) is 10.2 Å². The fraction of sp³-hybridized carbons (Fsp3) is 0.562. The number of benzene rings is 1. The Labute approximate surface area is 133 Å². The van der Waals surface area contributed by atoms with Gasteiger partial charge in [0.15, 0.2) is 0 Å². The van der Waals surface area contributed by atoms with Gasteiger partial charge in [-0.1, -0.05) is 30.3 Å². The summed E-state index contributed by atoms with van der Waals surface area (Å²) >= 11 is 0. The zero-order chi connectivity index (χ0) is 16.9. The molecule has 0 saturated carbocycles. The molecule has 0 spiro atoms.